The second kappa shape index (κ2) is 7.00. The third-order valence-electron chi connectivity index (χ3n) is 3.54. The summed E-state index contributed by atoms with van der Waals surface area (Å²) in [6.45, 7) is 1.12. The van der Waals surface area contributed by atoms with Crippen LogP contribution in [0.1, 0.15) is 19.3 Å². The van der Waals surface area contributed by atoms with Crippen LogP contribution in [0.4, 0.5) is 10.5 Å². The van der Waals surface area contributed by atoms with Gasteiger partial charge in [0.05, 0.1) is 10.0 Å². The van der Waals surface area contributed by atoms with E-state index in [1.807, 2.05) is 0 Å². The number of nitrogens with zero attached hydrogens (tertiary/aromatic N) is 1. The first-order valence-corrected chi connectivity index (χ1v) is 7.44. The molecule has 0 aliphatic carbocycles. The first-order chi connectivity index (χ1) is 9.95. The molecule has 0 aromatic heterocycles. The van der Waals surface area contributed by atoms with E-state index in [1.165, 1.54) is 0 Å². The molecule has 0 unspecified atom stereocenters. The van der Waals surface area contributed by atoms with Crippen molar-refractivity contribution >= 4 is 40.9 Å². The maximum atomic E-state index is 12.1. The second-order valence-electron chi connectivity index (χ2n) is 5.09. The Morgan fingerprint density at radius 3 is 2.48 bits per heavy atom. The predicted molar refractivity (Wildman–Crippen MR) is 82.0 cm³/mol. The summed E-state index contributed by atoms with van der Waals surface area (Å²) in [5.41, 5.74) is 0.585. The Kier molecular flexibility index (Phi) is 5.31. The quantitative estimate of drug-likeness (QED) is 0.887. The van der Waals surface area contributed by atoms with Crippen LogP contribution < -0.4 is 5.32 Å². The Morgan fingerprint density at radius 2 is 1.90 bits per heavy atom. The molecule has 1 heterocycles. The molecule has 0 saturated carbocycles. The average Bonchev–Trinajstić information content (AvgIpc) is 2.43. The number of amides is 2. The molecule has 1 aromatic carbocycles. The molecule has 1 aromatic rings. The minimum atomic E-state index is -0.784. The maximum absolute atomic E-state index is 12.1. The van der Waals surface area contributed by atoms with Crippen molar-refractivity contribution in [1.29, 1.82) is 0 Å². The molecule has 21 heavy (non-hydrogen) atoms. The van der Waals surface area contributed by atoms with Crippen molar-refractivity contribution < 1.29 is 14.7 Å². The van der Waals surface area contributed by atoms with E-state index >= 15 is 0 Å². The summed E-state index contributed by atoms with van der Waals surface area (Å²) in [6, 6.07) is 4.70. The Bertz CT molecular complexity index is 543. The van der Waals surface area contributed by atoms with Crippen LogP contribution in [0.25, 0.3) is 0 Å². The van der Waals surface area contributed by atoms with Crippen LogP contribution in [0.5, 0.6) is 0 Å². The van der Waals surface area contributed by atoms with Gasteiger partial charge in [-0.25, -0.2) is 4.79 Å². The number of nitrogens with one attached hydrogen (secondary N) is 1. The minimum Gasteiger partial charge on any atom is -0.481 e. The van der Waals surface area contributed by atoms with Crippen molar-refractivity contribution in [2.24, 2.45) is 5.92 Å². The summed E-state index contributed by atoms with van der Waals surface area (Å²) >= 11 is 11.7. The molecule has 1 fully saturated rings. The van der Waals surface area contributed by atoms with Gasteiger partial charge in [-0.3, -0.25) is 4.79 Å². The van der Waals surface area contributed by atoms with Gasteiger partial charge in [-0.1, -0.05) is 23.2 Å². The molecule has 0 atom stereocenters. The second-order valence-corrected chi connectivity index (χ2v) is 5.90. The van der Waals surface area contributed by atoms with Crippen molar-refractivity contribution in [1.82, 2.24) is 4.90 Å². The van der Waals surface area contributed by atoms with Crippen molar-refractivity contribution in [3.63, 3.8) is 0 Å². The smallest absolute Gasteiger partial charge is 0.321 e. The van der Waals surface area contributed by atoms with E-state index in [4.69, 9.17) is 28.3 Å². The molecule has 2 N–H and O–H groups in total. The molecule has 2 rings (SSSR count). The molecule has 5 nitrogen and oxygen atoms in total. The number of halogens is 2. The zero-order valence-electron chi connectivity index (χ0n) is 11.3. The van der Waals surface area contributed by atoms with Gasteiger partial charge in [-0.05, 0) is 37.0 Å². The third-order valence-corrected chi connectivity index (χ3v) is 4.27. The molecule has 0 radical (unpaired) electrons. The highest BCUT2D eigenvalue weighted by molar-refractivity contribution is 6.42. The monoisotopic (exact) mass is 330 g/mol. The number of anilines is 1. The lowest BCUT2D eigenvalue weighted by Gasteiger charge is -2.31. The van der Waals surface area contributed by atoms with Crippen LogP contribution in [-0.4, -0.2) is 35.1 Å². The van der Waals surface area contributed by atoms with Gasteiger partial charge in [0.15, 0.2) is 0 Å². The maximum Gasteiger partial charge on any atom is 0.321 e. The number of likely N-dealkylation sites (tertiary alicyclic amines) is 1. The number of carbonyl (C=O) groups excluding carboxylic acids is 1. The molecule has 2 amide bonds. The summed E-state index contributed by atoms with van der Waals surface area (Å²) in [5, 5.41) is 12.3. The summed E-state index contributed by atoms with van der Waals surface area (Å²) in [6.07, 6.45) is 1.59. The van der Waals surface area contributed by atoms with E-state index < -0.39 is 5.97 Å². The summed E-state index contributed by atoms with van der Waals surface area (Å²) in [7, 11) is 0. The number of benzene rings is 1. The number of piperidine rings is 1. The highest BCUT2D eigenvalue weighted by Gasteiger charge is 2.24. The normalized spacial score (nSPS) is 15.8. The lowest BCUT2D eigenvalue weighted by atomic mass is 9.94. The van der Waals surface area contributed by atoms with Crippen molar-refractivity contribution in [3.05, 3.63) is 28.2 Å². The Balaban J connectivity index is 1.87. The lowest BCUT2D eigenvalue weighted by Crippen LogP contribution is -2.41. The minimum absolute atomic E-state index is 0.150. The van der Waals surface area contributed by atoms with Gasteiger partial charge in [0.25, 0.3) is 0 Å². The molecule has 0 bridgehead atoms. The number of carboxylic acid groups (broad SMARTS) is 1. The van der Waals surface area contributed by atoms with E-state index in [9.17, 15) is 9.59 Å². The number of aliphatic carboxylic acids is 1. The fourth-order valence-corrected chi connectivity index (χ4v) is 2.66. The first-order valence-electron chi connectivity index (χ1n) is 6.68. The first kappa shape index (κ1) is 15.9. The average molecular weight is 331 g/mol. The van der Waals surface area contributed by atoms with Crippen LogP contribution in [0.3, 0.4) is 0 Å². The number of carboxylic acids is 1. The van der Waals surface area contributed by atoms with Crippen LogP contribution in [0, 0.1) is 5.92 Å². The van der Waals surface area contributed by atoms with Gasteiger partial charge in [0.2, 0.25) is 0 Å². The molecule has 1 aliphatic rings. The number of hydrogen-bond acceptors (Lipinski definition) is 2. The Labute approximate surface area is 132 Å². The zero-order chi connectivity index (χ0) is 15.4. The summed E-state index contributed by atoms with van der Waals surface area (Å²) < 4.78 is 0. The van der Waals surface area contributed by atoms with Crippen molar-refractivity contribution in [2.75, 3.05) is 18.4 Å². The van der Waals surface area contributed by atoms with Crippen molar-refractivity contribution in [2.45, 2.75) is 19.3 Å². The predicted octanol–water partition coefficient (Wildman–Crippen LogP) is 3.71. The third kappa shape index (κ3) is 4.51. The van der Waals surface area contributed by atoms with Gasteiger partial charge in [0.1, 0.15) is 0 Å². The molecule has 1 aliphatic heterocycles. The van der Waals surface area contributed by atoms with Crippen LogP contribution in [0.15, 0.2) is 18.2 Å². The SMILES string of the molecule is O=C(O)CC1CCN(C(=O)Nc2ccc(Cl)c(Cl)c2)CC1. The fourth-order valence-electron chi connectivity index (χ4n) is 2.36. The van der Waals surface area contributed by atoms with Crippen molar-refractivity contribution in [3.8, 4) is 0 Å². The van der Waals surface area contributed by atoms with Gasteiger partial charge >= 0.3 is 12.0 Å². The summed E-state index contributed by atoms with van der Waals surface area (Å²) in [4.78, 5) is 24.5. The van der Waals surface area contributed by atoms with Gasteiger partial charge < -0.3 is 15.3 Å². The van der Waals surface area contributed by atoms with E-state index in [2.05, 4.69) is 5.32 Å². The molecular formula is C14H16Cl2N2O3. The Hall–Kier alpha value is -1.46. The standard InChI is InChI=1S/C14H16Cl2N2O3/c15-11-2-1-10(8-12(11)16)17-14(21)18-5-3-9(4-6-18)7-13(19)20/h1-2,8-9H,3-7H2,(H,17,21)(H,19,20). The molecular weight excluding hydrogens is 315 g/mol. The highest BCUT2D eigenvalue weighted by Crippen LogP contribution is 2.26. The molecule has 1 saturated heterocycles. The van der Waals surface area contributed by atoms with Crippen LogP contribution >= 0.6 is 23.2 Å². The number of hydrogen-bond donors (Lipinski definition) is 2. The molecule has 0 spiro atoms. The molecule has 7 heteroatoms. The van der Waals surface area contributed by atoms with E-state index in [-0.39, 0.29) is 18.4 Å². The number of rotatable bonds is 3. The number of carbonyl (C=O) groups is 2. The lowest BCUT2D eigenvalue weighted by molar-refractivity contribution is -0.138. The highest BCUT2D eigenvalue weighted by atomic mass is 35.5. The van der Waals surface area contributed by atoms with E-state index in [1.54, 1.807) is 23.1 Å². The summed E-state index contributed by atoms with van der Waals surface area (Å²) in [5.74, 6) is -0.634. The van der Waals surface area contributed by atoms with E-state index in [0.29, 0.717) is 41.7 Å². The van der Waals surface area contributed by atoms with Gasteiger partial charge in [-0.15, -0.1) is 0 Å². The zero-order valence-corrected chi connectivity index (χ0v) is 12.8. The Morgan fingerprint density at radius 1 is 1.24 bits per heavy atom. The van der Waals surface area contributed by atoms with Crippen LogP contribution in [0.2, 0.25) is 10.0 Å². The fraction of sp³-hybridized carbons (Fsp3) is 0.429. The van der Waals surface area contributed by atoms with Gasteiger partial charge in [0, 0.05) is 25.2 Å². The largest absolute Gasteiger partial charge is 0.481 e. The topological polar surface area (TPSA) is 69.6 Å². The molecule has 114 valence electrons. The number of urea groups is 1. The van der Waals surface area contributed by atoms with E-state index in [0.717, 1.165) is 0 Å². The van der Waals surface area contributed by atoms with Crippen LogP contribution in [-0.2, 0) is 4.79 Å². The van der Waals surface area contributed by atoms with Gasteiger partial charge in [-0.2, -0.15) is 0 Å².